The molecule has 12 heavy (non-hydrogen) atoms. The summed E-state index contributed by atoms with van der Waals surface area (Å²) in [4.78, 5) is 11.2. The van der Waals surface area contributed by atoms with Gasteiger partial charge < -0.3 is 15.8 Å². The van der Waals surface area contributed by atoms with Crippen molar-refractivity contribution in [3.63, 3.8) is 0 Å². The van der Waals surface area contributed by atoms with E-state index in [0.717, 1.165) is 12.8 Å². The van der Waals surface area contributed by atoms with Crippen molar-refractivity contribution in [1.29, 1.82) is 0 Å². The van der Waals surface area contributed by atoms with Crippen LogP contribution in [-0.4, -0.2) is 32.2 Å². The zero-order chi connectivity index (χ0) is 9.40. The lowest BCUT2D eigenvalue weighted by Gasteiger charge is -2.13. The molecule has 0 aliphatic heterocycles. The second-order valence-corrected chi connectivity index (χ2v) is 2.52. The molecule has 0 radical (unpaired) electrons. The van der Waals surface area contributed by atoms with Gasteiger partial charge in [0, 0.05) is 0 Å². The fourth-order valence-electron chi connectivity index (χ4n) is 0.945. The maximum absolute atomic E-state index is 11.2. The van der Waals surface area contributed by atoms with E-state index < -0.39 is 0 Å². The zero-order valence-electron chi connectivity index (χ0n) is 7.80. The fraction of sp³-hybridized carbons (Fsp3) is 0.875. The third-order valence-corrected chi connectivity index (χ3v) is 1.62. The third-order valence-electron chi connectivity index (χ3n) is 1.62. The maximum atomic E-state index is 11.2. The minimum Gasteiger partial charge on any atom is -0.465 e. The van der Waals surface area contributed by atoms with Crippen molar-refractivity contribution in [2.75, 3.05) is 20.2 Å². The van der Waals surface area contributed by atoms with Crippen molar-refractivity contribution in [2.45, 2.75) is 25.8 Å². The highest BCUT2D eigenvalue weighted by atomic mass is 16.5. The van der Waals surface area contributed by atoms with Crippen LogP contribution in [0.2, 0.25) is 0 Å². The van der Waals surface area contributed by atoms with E-state index in [1.54, 1.807) is 14.0 Å². The molecule has 0 saturated carbocycles. The van der Waals surface area contributed by atoms with E-state index in [0.29, 0.717) is 13.2 Å². The number of carbonyl (C=O) groups is 1. The number of carbonyl (C=O) groups excluding carboxylic acids is 1. The molecule has 0 spiro atoms. The van der Waals surface area contributed by atoms with Crippen molar-refractivity contribution < 1.29 is 9.53 Å². The number of likely N-dealkylation sites (N-methyl/N-ethyl adjacent to an activating group) is 1. The number of esters is 1. The monoisotopic (exact) mass is 174 g/mol. The fourth-order valence-corrected chi connectivity index (χ4v) is 0.945. The molecule has 0 amide bonds. The summed E-state index contributed by atoms with van der Waals surface area (Å²) < 4.78 is 4.85. The van der Waals surface area contributed by atoms with E-state index in [1.165, 1.54) is 0 Å². The molecule has 4 nitrogen and oxygen atoms in total. The summed E-state index contributed by atoms with van der Waals surface area (Å²) in [6, 6.07) is -0.200. The van der Waals surface area contributed by atoms with Crippen LogP contribution in [0.15, 0.2) is 0 Å². The Hall–Kier alpha value is -0.610. The second kappa shape index (κ2) is 7.06. The van der Waals surface area contributed by atoms with Crippen LogP contribution in [0.1, 0.15) is 19.8 Å². The molecule has 0 fully saturated rings. The molecule has 72 valence electrons. The molecule has 4 heteroatoms. The molecular weight excluding hydrogens is 156 g/mol. The number of hydrogen-bond acceptors (Lipinski definition) is 4. The Bertz CT molecular complexity index is 128. The predicted octanol–water partition coefficient (Wildman–Crippen LogP) is -0.124. The Balaban J connectivity index is 3.71. The highest BCUT2D eigenvalue weighted by molar-refractivity contribution is 5.75. The van der Waals surface area contributed by atoms with E-state index in [2.05, 4.69) is 5.32 Å². The molecule has 1 atom stereocenters. The summed E-state index contributed by atoms with van der Waals surface area (Å²) in [6.07, 6.45) is 1.58. The van der Waals surface area contributed by atoms with Crippen LogP contribution in [0.3, 0.4) is 0 Å². The maximum Gasteiger partial charge on any atom is 0.323 e. The highest BCUT2D eigenvalue weighted by Crippen LogP contribution is 1.97. The molecular formula is C8H18N2O2. The number of nitrogens with one attached hydrogen (secondary N) is 1. The van der Waals surface area contributed by atoms with Crippen LogP contribution in [0.25, 0.3) is 0 Å². The number of nitrogens with two attached hydrogens (primary N) is 1. The summed E-state index contributed by atoms with van der Waals surface area (Å²) in [6.45, 7) is 2.84. The van der Waals surface area contributed by atoms with Crippen LogP contribution < -0.4 is 11.1 Å². The van der Waals surface area contributed by atoms with Gasteiger partial charge in [0.2, 0.25) is 0 Å². The van der Waals surface area contributed by atoms with E-state index in [4.69, 9.17) is 10.5 Å². The van der Waals surface area contributed by atoms with Gasteiger partial charge in [0.1, 0.15) is 6.04 Å². The van der Waals surface area contributed by atoms with Crippen LogP contribution in [0.4, 0.5) is 0 Å². The van der Waals surface area contributed by atoms with Gasteiger partial charge in [-0.1, -0.05) is 0 Å². The van der Waals surface area contributed by atoms with Gasteiger partial charge in [0.05, 0.1) is 6.61 Å². The summed E-state index contributed by atoms with van der Waals surface area (Å²) in [5.41, 5.74) is 5.33. The molecule has 0 aliphatic rings. The predicted molar refractivity (Wildman–Crippen MR) is 47.8 cm³/mol. The van der Waals surface area contributed by atoms with E-state index in [1.807, 2.05) is 0 Å². The van der Waals surface area contributed by atoms with Gasteiger partial charge in [-0.15, -0.1) is 0 Å². The van der Waals surface area contributed by atoms with Gasteiger partial charge in [-0.2, -0.15) is 0 Å². The topological polar surface area (TPSA) is 64.3 Å². The van der Waals surface area contributed by atoms with Crippen molar-refractivity contribution in [2.24, 2.45) is 5.73 Å². The number of ether oxygens (including phenoxy) is 1. The summed E-state index contributed by atoms with van der Waals surface area (Å²) >= 11 is 0. The first-order chi connectivity index (χ1) is 5.76. The van der Waals surface area contributed by atoms with Gasteiger partial charge in [-0.05, 0) is 33.4 Å². The van der Waals surface area contributed by atoms with Crippen LogP contribution in [0.5, 0.6) is 0 Å². The summed E-state index contributed by atoms with van der Waals surface area (Å²) in [7, 11) is 1.75. The molecule has 0 aliphatic carbocycles. The first kappa shape index (κ1) is 11.4. The molecule has 0 aromatic carbocycles. The largest absolute Gasteiger partial charge is 0.465 e. The SMILES string of the molecule is CCOC(=O)[C@H](CCCN)NC. The average Bonchev–Trinajstić information content (AvgIpc) is 2.06. The molecule has 3 N–H and O–H groups in total. The Kier molecular flexibility index (Phi) is 6.70. The lowest BCUT2D eigenvalue weighted by molar-refractivity contribution is -0.145. The van der Waals surface area contributed by atoms with E-state index >= 15 is 0 Å². The molecule has 0 aromatic rings. The van der Waals surface area contributed by atoms with Gasteiger partial charge in [0.15, 0.2) is 0 Å². The van der Waals surface area contributed by atoms with Gasteiger partial charge >= 0.3 is 5.97 Å². The zero-order valence-corrected chi connectivity index (χ0v) is 7.80. The standard InChI is InChI=1S/C8H18N2O2/c1-3-12-8(11)7(10-2)5-4-6-9/h7,10H,3-6,9H2,1-2H3/t7-/m0/s1. The van der Waals surface area contributed by atoms with E-state index in [-0.39, 0.29) is 12.0 Å². The molecule has 0 saturated heterocycles. The Labute approximate surface area is 73.5 Å². The Morgan fingerprint density at radius 2 is 2.33 bits per heavy atom. The third kappa shape index (κ3) is 4.31. The van der Waals surface area contributed by atoms with Crippen LogP contribution >= 0.6 is 0 Å². The van der Waals surface area contributed by atoms with Gasteiger partial charge in [-0.25, -0.2) is 0 Å². The summed E-state index contributed by atoms with van der Waals surface area (Å²) in [5.74, 6) is -0.187. The highest BCUT2D eigenvalue weighted by Gasteiger charge is 2.15. The normalized spacial score (nSPS) is 12.6. The molecule has 0 unspecified atom stereocenters. The number of hydrogen-bond donors (Lipinski definition) is 2. The summed E-state index contributed by atoms with van der Waals surface area (Å²) in [5, 5.41) is 2.89. The lowest BCUT2D eigenvalue weighted by atomic mass is 10.1. The lowest BCUT2D eigenvalue weighted by Crippen LogP contribution is -2.35. The van der Waals surface area contributed by atoms with Gasteiger partial charge in [-0.3, -0.25) is 4.79 Å². The number of rotatable bonds is 6. The van der Waals surface area contributed by atoms with Crippen molar-refractivity contribution in [3.05, 3.63) is 0 Å². The van der Waals surface area contributed by atoms with Crippen molar-refractivity contribution in [1.82, 2.24) is 5.32 Å². The first-order valence-corrected chi connectivity index (χ1v) is 4.30. The Morgan fingerprint density at radius 3 is 2.75 bits per heavy atom. The van der Waals surface area contributed by atoms with Crippen molar-refractivity contribution >= 4 is 5.97 Å². The average molecular weight is 174 g/mol. The Morgan fingerprint density at radius 1 is 1.67 bits per heavy atom. The van der Waals surface area contributed by atoms with Crippen LogP contribution in [0, 0.1) is 0 Å². The molecule has 0 aromatic heterocycles. The smallest absolute Gasteiger partial charge is 0.323 e. The first-order valence-electron chi connectivity index (χ1n) is 4.30. The van der Waals surface area contributed by atoms with Crippen LogP contribution in [-0.2, 0) is 9.53 Å². The minimum absolute atomic E-state index is 0.187. The molecule has 0 bridgehead atoms. The van der Waals surface area contributed by atoms with E-state index in [9.17, 15) is 4.79 Å². The second-order valence-electron chi connectivity index (χ2n) is 2.52. The van der Waals surface area contributed by atoms with Crippen molar-refractivity contribution in [3.8, 4) is 0 Å². The quantitative estimate of drug-likeness (QED) is 0.551. The minimum atomic E-state index is -0.200. The van der Waals surface area contributed by atoms with Gasteiger partial charge in [0.25, 0.3) is 0 Å². The molecule has 0 heterocycles. The molecule has 0 rings (SSSR count).